The number of hydrogen-bond donors (Lipinski definition) is 1. The van der Waals surface area contributed by atoms with E-state index in [9.17, 15) is 26.4 Å². The van der Waals surface area contributed by atoms with E-state index in [0.717, 1.165) is 16.4 Å². The van der Waals surface area contributed by atoms with Crippen LogP contribution < -0.4 is 10.5 Å². The summed E-state index contributed by atoms with van der Waals surface area (Å²) in [4.78, 5) is 10.7. The minimum absolute atomic E-state index is 0.104. The molecule has 0 aliphatic carbocycles. The number of ether oxygens (including phenoxy) is 1. The van der Waals surface area contributed by atoms with Gasteiger partial charge in [-0.25, -0.2) is 8.42 Å². The van der Waals surface area contributed by atoms with Crippen molar-refractivity contribution >= 4 is 15.9 Å². The summed E-state index contributed by atoms with van der Waals surface area (Å²) in [5.74, 6) is -2.10. The zero-order valence-corrected chi connectivity index (χ0v) is 12.7. The lowest BCUT2D eigenvalue weighted by atomic mass is 9.99. The third-order valence-corrected chi connectivity index (χ3v) is 5.38. The first-order valence-electron chi connectivity index (χ1n) is 6.75. The minimum atomic E-state index is -5.01. The molecule has 0 saturated carbocycles. The second-order valence-electron chi connectivity index (χ2n) is 5.10. The lowest BCUT2D eigenvalue weighted by Crippen LogP contribution is -2.44. The van der Waals surface area contributed by atoms with Crippen LogP contribution in [0.15, 0.2) is 29.2 Å². The predicted molar refractivity (Wildman–Crippen MR) is 73.8 cm³/mol. The molecule has 1 aromatic rings. The fraction of sp³-hybridized carbons (Fsp3) is 0.462. The van der Waals surface area contributed by atoms with E-state index in [0.29, 0.717) is 12.8 Å². The van der Waals surface area contributed by atoms with Crippen LogP contribution >= 0.6 is 0 Å². The largest absolute Gasteiger partial charge is 0.573 e. The number of carbonyl (C=O) groups is 1. The van der Waals surface area contributed by atoms with E-state index in [1.807, 2.05) is 0 Å². The summed E-state index contributed by atoms with van der Waals surface area (Å²) < 4.78 is 67.2. The van der Waals surface area contributed by atoms with Crippen molar-refractivity contribution in [1.29, 1.82) is 0 Å². The van der Waals surface area contributed by atoms with Gasteiger partial charge >= 0.3 is 6.36 Å². The highest BCUT2D eigenvalue weighted by atomic mass is 32.2. The number of piperidine rings is 1. The van der Waals surface area contributed by atoms with Gasteiger partial charge in [0.15, 0.2) is 0 Å². The maximum atomic E-state index is 12.6. The highest BCUT2D eigenvalue weighted by Crippen LogP contribution is 2.32. The Morgan fingerprint density at radius 2 is 1.96 bits per heavy atom. The Bertz CT molecular complexity index is 691. The molecule has 2 rings (SSSR count). The van der Waals surface area contributed by atoms with Gasteiger partial charge in [0.25, 0.3) is 0 Å². The highest BCUT2D eigenvalue weighted by Gasteiger charge is 2.37. The molecule has 1 saturated heterocycles. The summed E-state index contributed by atoms with van der Waals surface area (Å²) in [5, 5.41) is 0. The van der Waals surface area contributed by atoms with Crippen molar-refractivity contribution in [3.63, 3.8) is 0 Å². The Labute approximate surface area is 131 Å². The number of para-hydroxylation sites is 1. The number of alkyl halides is 3. The van der Waals surface area contributed by atoms with Gasteiger partial charge in [-0.15, -0.1) is 13.2 Å². The second kappa shape index (κ2) is 6.36. The zero-order chi connectivity index (χ0) is 17.3. The molecule has 1 aliphatic heterocycles. The van der Waals surface area contributed by atoms with Crippen molar-refractivity contribution in [3.05, 3.63) is 24.3 Å². The van der Waals surface area contributed by atoms with E-state index >= 15 is 0 Å². The van der Waals surface area contributed by atoms with Gasteiger partial charge in [0.1, 0.15) is 10.6 Å². The van der Waals surface area contributed by atoms with Crippen molar-refractivity contribution in [2.75, 3.05) is 13.1 Å². The van der Waals surface area contributed by atoms with E-state index in [2.05, 4.69) is 4.74 Å². The summed E-state index contributed by atoms with van der Waals surface area (Å²) in [7, 11) is -4.23. The highest BCUT2D eigenvalue weighted by molar-refractivity contribution is 7.89. The van der Waals surface area contributed by atoms with Gasteiger partial charge in [0, 0.05) is 13.1 Å². The predicted octanol–water partition coefficient (Wildman–Crippen LogP) is 1.47. The van der Waals surface area contributed by atoms with E-state index in [1.54, 1.807) is 0 Å². The quantitative estimate of drug-likeness (QED) is 0.889. The maximum Gasteiger partial charge on any atom is 0.573 e. The van der Waals surface area contributed by atoms with E-state index in [1.165, 1.54) is 12.1 Å². The smallest absolute Gasteiger partial charge is 0.404 e. The van der Waals surface area contributed by atoms with Crippen LogP contribution in [-0.2, 0) is 14.8 Å². The first kappa shape index (κ1) is 17.5. The van der Waals surface area contributed by atoms with Gasteiger partial charge < -0.3 is 10.5 Å². The molecule has 0 bridgehead atoms. The standard InChI is InChI=1S/C13H15F3N2O4S/c14-13(15,16)22-10-5-1-2-6-11(10)23(20,21)18-7-3-4-9(8-18)12(17)19/h1-2,5-6,9H,3-4,7-8H2,(H2,17,19)/t9-/m0/s1. The summed E-state index contributed by atoms with van der Waals surface area (Å²) in [6, 6.07) is 4.49. The summed E-state index contributed by atoms with van der Waals surface area (Å²) in [6.07, 6.45) is -4.17. The van der Waals surface area contributed by atoms with Gasteiger partial charge in [-0.3, -0.25) is 4.79 Å². The Morgan fingerprint density at radius 1 is 1.30 bits per heavy atom. The number of benzene rings is 1. The monoisotopic (exact) mass is 352 g/mol. The average Bonchev–Trinajstić information content (AvgIpc) is 2.46. The molecule has 1 fully saturated rings. The molecule has 1 amide bonds. The van der Waals surface area contributed by atoms with Crippen LogP contribution in [0, 0.1) is 5.92 Å². The van der Waals surface area contributed by atoms with Crippen LogP contribution in [0.25, 0.3) is 0 Å². The third kappa shape index (κ3) is 4.14. The summed E-state index contributed by atoms with van der Waals surface area (Å²) in [5.41, 5.74) is 5.19. The first-order valence-corrected chi connectivity index (χ1v) is 8.19. The van der Waals surface area contributed by atoms with Crippen molar-refractivity contribution in [3.8, 4) is 5.75 Å². The molecule has 23 heavy (non-hydrogen) atoms. The van der Waals surface area contributed by atoms with Crippen molar-refractivity contribution in [1.82, 2.24) is 4.31 Å². The molecule has 0 radical (unpaired) electrons. The second-order valence-corrected chi connectivity index (χ2v) is 7.01. The number of rotatable bonds is 4. The topological polar surface area (TPSA) is 89.7 Å². The Kier molecular flexibility index (Phi) is 4.85. The molecule has 0 aromatic heterocycles. The Hall–Kier alpha value is -1.81. The van der Waals surface area contributed by atoms with Gasteiger partial charge in [0.05, 0.1) is 5.92 Å². The average molecular weight is 352 g/mol. The minimum Gasteiger partial charge on any atom is -0.404 e. The molecule has 1 aromatic carbocycles. The molecule has 1 aliphatic rings. The van der Waals surface area contributed by atoms with Gasteiger partial charge in [0.2, 0.25) is 15.9 Å². The third-order valence-electron chi connectivity index (χ3n) is 3.48. The van der Waals surface area contributed by atoms with Crippen LogP contribution in [0.4, 0.5) is 13.2 Å². The van der Waals surface area contributed by atoms with E-state index in [4.69, 9.17) is 5.73 Å². The number of nitrogens with zero attached hydrogens (tertiary/aromatic N) is 1. The molecule has 2 N–H and O–H groups in total. The van der Waals surface area contributed by atoms with Gasteiger partial charge in [-0.05, 0) is 25.0 Å². The molecule has 1 atom stereocenters. The number of halogens is 3. The number of hydrogen-bond acceptors (Lipinski definition) is 4. The molecular weight excluding hydrogens is 337 g/mol. The zero-order valence-electron chi connectivity index (χ0n) is 11.9. The SMILES string of the molecule is NC(=O)[C@H]1CCCN(S(=O)(=O)c2ccccc2OC(F)(F)F)C1. The van der Waals surface area contributed by atoms with E-state index in [-0.39, 0.29) is 13.1 Å². The lowest BCUT2D eigenvalue weighted by Gasteiger charge is -2.30. The molecule has 0 spiro atoms. The maximum absolute atomic E-state index is 12.6. The number of carbonyl (C=O) groups excluding carboxylic acids is 1. The fourth-order valence-corrected chi connectivity index (χ4v) is 4.04. The van der Waals surface area contributed by atoms with Crippen LogP contribution in [0.5, 0.6) is 5.75 Å². The van der Waals surface area contributed by atoms with Crippen LogP contribution in [0.2, 0.25) is 0 Å². The van der Waals surface area contributed by atoms with Gasteiger partial charge in [-0.1, -0.05) is 12.1 Å². The molecular formula is C13H15F3N2O4S. The molecule has 10 heteroatoms. The molecule has 128 valence electrons. The van der Waals surface area contributed by atoms with Crippen LogP contribution in [0.1, 0.15) is 12.8 Å². The Morgan fingerprint density at radius 3 is 2.57 bits per heavy atom. The summed E-state index contributed by atoms with van der Waals surface area (Å²) in [6.45, 7) is -0.0511. The fourth-order valence-electron chi connectivity index (χ4n) is 2.40. The van der Waals surface area contributed by atoms with Crippen molar-refractivity contribution < 1.29 is 31.1 Å². The summed E-state index contributed by atoms with van der Waals surface area (Å²) >= 11 is 0. The molecule has 6 nitrogen and oxygen atoms in total. The van der Waals surface area contributed by atoms with E-state index < -0.39 is 38.9 Å². The lowest BCUT2D eigenvalue weighted by molar-refractivity contribution is -0.275. The Balaban J connectivity index is 2.35. The molecule has 0 unspecified atom stereocenters. The number of primary amides is 1. The van der Waals surface area contributed by atoms with Crippen molar-refractivity contribution in [2.45, 2.75) is 24.1 Å². The molecule has 1 heterocycles. The van der Waals surface area contributed by atoms with Gasteiger partial charge in [-0.2, -0.15) is 4.31 Å². The van der Waals surface area contributed by atoms with Crippen LogP contribution in [-0.4, -0.2) is 38.1 Å². The first-order chi connectivity index (χ1) is 10.6. The number of amides is 1. The number of sulfonamides is 1. The normalized spacial score (nSPS) is 20.2. The number of nitrogens with two attached hydrogens (primary N) is 1. The van der Waals surface area contributed by atoms with Crippen LogP contribution in [0.3, 0.4) is 0 Å². The van der Waals surface area contributed by atoms with Crippen molar-refractivity contribution in [2.24, 2.45) is 11.7 Å².